The number of aromatic nitrogens is 1. The summed E-state index contributed by atoms with van der Waals surface area (Å²) in [5.41, 5.74) is 4.39. The molecular formula is C26H31N3O2S. The zero-order valence-electron chi connectivity index (χ0n) is 18.9. The molecular weight excluding hydrogens is 418 g/mol. The van der Waals surface area contributed by atoms with Crippen molar-refractivity contribution in [3.05, 3.63) is 76.8 Å². The van der Waals surface area contributed by atoms with Crippen molar-refractivity contribution in [3.63, 3.8) is 0 Å². The zero-order valence-corrected chi connectivity index (χ0v) is 19.7. The zero-order chi connectivity index (χ0) is 22.3. The highest BCUT2D eigenvalue weighted by Gasteiger charge is 2.19. The van der Waals surface area contributed by atoms with Crippen molar-refractivity contribution < 1.29 is 9.53 Å². The number of ether oxygens (including phenoxy) is 1. The van der Waals surface area contributed by atoms with Crippen LogP contribution in [-0.4, -0.2) is 53.0 Å². The third kappa shape index (κ3) is 6.03. The lowest BCUT2D eigenvalue weighted by atomic mass is 10.1. The molecule has 4 rings (SSSR count). The van der Waals surface area contributed by atoms with Crippen molar-refractivity contribution in [3.8, 4) is 10.6 Å². The number of thiazole rings is 1. The minimum Gasteiger partial charge on any atom is -0.379 e. The molecule has 5 nitrogen and oxygen atoms in total. The molecule has 0 saturated carbocycles. The normalized spacial score (nSPS) is 14.6. The van der Waals surface area contributed by atoms with E-state index in [0.717, 1.165) is 54.7 Å². The second-order valence-electron chi connectivity index (χ2n) is 8.51. The number of carbonyl (C=O) groups excluding carboxylic acids is 1. The van der Waals surface area contributed by atoms with Crippen LogP contribution in [0.5, 0.6) is 0 Å². The Labute approximate surface area is 194 Å². The highest BCUT2D eigenvalue weighted by Crippen LogP contribution is 2.25. The van der Waals surface area contributed by atoms with Crippen molar-refractivity contribution in [2.75, 3.05) is 26.3 Å². The van der Waals surface area contributed by atoms with E-state index in [0.29, 0.717) is 13.0 Å². The van der Waals surface area contributed by atoms with E-state index >= 15 is 0 Å². The number of morpholine rings is 1. The minimum atomic E-state index is 0.113. The molecule has 3 aromatic rings. The Balaban J connectivity index is 1.37. The molecule has 2 aromatic carbocycles. The van der Waals surface area contributed by atoms with Crippen LogP contribution < -0.4 is 0 Å². The molecule has 0 unspecified atom stereocenters. The van der Waals surface area contributed by atoms with E-state index in [1.54, 1.807) is 11.3 Å². The number of carbonyl (C=O) groups is 1. The molecule has 168 valence electrons. The first-order valence-electron chi connectivity index (χ1n) is 11.3. The fraction of sp³-hybridized carbons (Fsp3) is 0.385. The van der Waals surface area contributed by atoms with Gasteiger partial charge < -0.3 is 9.64 Å². The van der Waals surface area contributed by atoms with Crippen LogP contribution >= 0.6 is 11.3 Å². The average Bonchev–Trinajstić information content (AvgIpc) is 3.27. The lowest BCUT2D eigenvalue weighted by Crippen LogP contribution is -2.37. The van der Waals surface area contributed by atoms with E-state index < -0.39 is 0 Å². The van der Waals surface area contributed by atoms with E-state index in [-0.39, 0.29) is 11.9 Å². The van der Waals surface area contributed by atoms with Crippen LogP contribution in [0.4, 0.5) is 0 Å². The summed E-state index contributed by atoms with van der Waals surface area (Å²) in [5.74, 6) is 0.113. The molecule has 0 atom stereocenters. The highest BCUT2D eigenvalue weighted by atomic mass is 32.1. The molecule has 0 bridgehead atoms. The summed E-state index contributed by atoms with van der Waals surface area (Å²) in [6.45, 7) is 9.31. The van der Waals surface area contributed by atoms with Gasteiger partial charge in [-0.25, -0.2) is 4.98 Å². The summed E-state index contributed by atoms with van der Waals surface area (Å²) in [6, 6.07) is 18.9. The summed E-state index contributed by atoms with van der Waals surface area (Å²) in [6.07, 6.45) is 0.330. The number of nitrogens with zero attached hydrogens (tertiary/aromatic N) is 3. The largest absolute Gasteiger partial charge is 0.379 e. The van der Waals surface area contributed by atoms with E-state index in [1.165, 1.54) is 5.56 Å². The SMILES string of the molecule is CC(C)N(Cc1ccccc1)C(=O)Cc1csc(-c2ccc(CN3CCOCC3)cc2)n1. The van der Waals surface area contributed by atoms with E-state index in [2.05, 4.69) is 55.1 Å². The Morgan fingerprint density at radius 1 is 1.06 bits per heavy atom. The summed E-state index contributed by atoms with van der Waals surface area (Å²) in [7, 11) is 0. The van der Waals surface area contributed by atoms with Gasteiger partial charge >= 0.3 is 0 Å². The number of hydrogen-bond acceptors (Lipinski definition) is 5. The lowest BCUT2D eigenvalue weighted by molar-refractivity contribution is -0.132. The maximum Gasteiger partial charge on any atom is 0.229 e. The number of hydrogen-bond donors (Lipinski definition) is 0. The van der Waals surface area contributed by atoms with Crippen molar-refractivity contribution in [1.82, 2.24) is 14.8 Å². The fourth-order valence-electron chi connectivity index (χ4n) is 3.89. The topological polar surface area (TPSA) is 45.7 Å². The first-order chi connectivity index (χ1) is 15.6. The molecule has 0 radical (unpaired) electrons. The third-order valence-corrected chi connectivity index (χ3v) is 6.67. The van der Waals surface area contributed by atoms with Crippen molar-refractivity contribution in [1.29, 1.82) is 0 Å². The Hall–Kier alpha value is -2.54. The minimum absolute atomic E-state index is 0.113. The van der Waals surface area contributed by atoms with Gasteiger partial charge in [-0.2, -0.15) is 0 Å². The first-order valence-corrected chi connectivity index (χ1v) is 12.1. The maximum absolute atomic E-state index is 13.0. The summed E-state index contributed by atoms with van der Waals surface area (Å²) in [4.78, 5) is 22.1. The van der Waals surface area contributed by atoms with Crippen LogP contribution in [0.25, 0.3) is 10.6 Å². The molecule has 1 fully saturated rings. The predicted molar refractivity (Wildman–Crippen MR) is 129 cm³/mol. The molecule has 1 amide bonds. The smallest absolute Gasteiger partial charge is 0.229 e. The molecule has 2 heterocycles. The molecule has 1 saturated heterocycles. The van der Waals surface area contributed by atoms with Crippen molar-refractivity contribution in [2.45, 2.75) is 39.4 Å². The van der Waals surface area contributed by atoms with Gasteiger partial charge in [0.25, 0.3) is 0 Å². The third-order valence-electron chi connectivity index (χ3n) is 5.73. The summed E-state index contributed by atoms with van der Waals surface area (Å²) < 4.78 is 5.43. The Morgan fingerprint density at radius 3 is 2.47 bits per heavy atom. The molecule has 0 aliphatic carbocycles. The second-order valence-corrected chi connectivity index (χ2v) is 9.37. The fourth-order valence-corrected chi connectivity index (χ4v) is 4.71. The molecule has 32 heavy (non-hydrogen) atoms. The van der Waals surface area contributed by atoms with Gasteiger partial charge in [-0.15, -0.1) is 11.3 Å². The van der Waals surface area contributed by atoms with Gasteiger partial charge in [-0.3, -0.25) is 9.69 Å². The molecule has 1 aliphatic heterocycles. The molecule has 0 N–H and O–H groups in total. The van der Waals surface area contributed by atoms with Crippen LogP contribution in [0.15, 0.2) is 60.0 Å². The van der Waals surface area contributed by atoms with Crippen LogP contribution in [0.3, 0.4) is 0 Å². The highest BCUT2D eigenvalue weighted by molar-refractivity contribution is 7.13. The molecule has 0 spiro atoms. The lowest BCUT2D eigenvalue weighted by Gasteiger charge is -2.26. The quantitative estimate of drug-likeness (QED) is 0.503. The van der Waals surface area contributed by atoms with Gasteiger partial charge in [-0.1, -0.05) is 54.6 Å². The van der Waals surface area contributed by atoms with Gasteiger partial charge in [0.2, 0.25) is 5.91 Å². The number of amides is 1. The van der Waals surface area contributed by atoms with E-state index in [9.17, 15) is 4.79 Å². The van der Waals surface area contributed by atoms with Gasteiger partial charge in [0.15, 0.2) is 0 Å². The Morgan fingerprint density at radius 2 is 1.78 bits per heavy atom. The molecule has 1 aliphatic rings. The van der Waals surface area contributed by atoms with Crippen LogP contribution in [0, 0.1) is 0 Å². The first kappa shape index (κ1) is 22.6. The van der Waals surface area contributed by atoms with Gasteiger partial charge in [0.1, 0.15) is 5.01 Å². The summed E-state index contributed by atoms with van der Waals surface area (Å²) >= 11 is 1.60. The van der Waals surface area contributed by atoms with Crippen molar-refractivity contribution >= 4 is 17.2 Å². The van der Waals surface area contributed by atoms with Crippen LogP contribution in [0.1, 0.15) is 30.7 Å². The van der Waals surface area contributed by atoms with Crippen molar-refractivity contribution in [2.24, 2.45) is 0 Å². The van der Waals surface area contributed by atoms with Gasteiger partial charge in [-0.05, 0) is 25.0 Å². The monoisotopic (exact) mass is 449 g/mol. The average molecular weight is 450 g/mol. The Kier molecular flexibility index (Phi) is 7.68. The predicted octanol–water partition coefficient (Wildman–Crippen LogP) is 4.62. The standard InChI is InChI=1S/C26H31N3O2S/c1-20(2)29(18-21-6-4-3-5-7-21)25(30)16-24-19-32-26(27-24)23-10-8-22(9-11-23)17-28-12-14-31-15-13-28/h3-11,19-20H,12-18H2,1-2H3. The number of rotatable bonds is 8. The summed E-state index contributed by atoms with van der Waals surface area (Å²) in [5, 5.41) is 2.97. The van der Waals surface area contributed by atoms with E-state index in [4.69, 9.17) is 9.72 Å². The van der Waals surface area contributed by atoms with Gasteiger partial charge in [0.05, 0.1) is 25.3 Å². The maximum atomic E-state index is 13.0. The van der Waals surface area contributed by atoms with Crippen LogP contribution in [0.2, 0.25) is 0 Å². The Bertz CT molecular complexity index is 995. The van der Waals surface area contributed by atoms with Crippen LogP contribution in [-0.2, 0) is 29.0 Å². The second kappa shape index (κ2) is 10.9. The molecule has 6 heteroatoms. The molecule has 1 aromatic heterocycles. The van der Waals surface area contributed by atoms with Gasteiger partial charge in [0, 0.05) is 43.2 Å². The number of benzene rings is 2. The van der Waals surface area contributed by atoms with E-state index in [1.807, 2.05) is 28.5 Å².